The molecule has 0 spiro atoms. The summed E-state index contributed by atoms with van der Waals surface area (Å²) >= 11 is 0. The summed E-state index contributed by atoms with van der Waals surface area (Å²) in [6.07, 6.45) is 2.88. The molecule has 7 nitrogen and oxygen atoms in total. The first-order valence-corrected chi connectivity index (χ1v) is 10.7. The minimum atomic E-state index is -1.16. The lowest BCUT2D eigenvalue weighted by Gasteiger charge is -2.40. The fourth-order valence-corrected chi connectivity index (χ4v) is 4.35. The lowest BCUT2D eigenvalue weighted by atomic mass is 10.0. The fourth-order valence-electron chi connectivity index (χ4n) is 4.35. The van der Waals surface area contributed by atoms with Gasteiger partial charge in [0.2, 0.25) is 0 Å². The van der Waals surface area contributed by atoms with E-state index in [2.05, 4.69) is 23.2 Å². The van der Waals surface area contributed by atoms with Crippen molar-refractivity contribution in [1.82, 2.24) is 19.4 Å². The number of aromatic nitrogens is 2. The molecule has 2 aliphatic rings. The second-order valence-corrected chi connectivity index (χ2v) is 8.77. The Bertz CT molecular complexity index is 1160. The fraction of sp³-hybridized carbons (Fsp3) is 0.375. The van der Waals surface area contributed by atoms with Gasteiger partial charge in [-0.3, -0.25) is 9.59 Å². The number of hydrogen-bond donors (Lipinski definition) is 1. The van der Waals surface area contributed by atoms with Gasteiger partial charge in [0.1, 0.15) is 5.60 Å². The van der Waals surface area contributed by atoms with Gasteiger partial charge in [-0.2, -0.15) is 0 Å². The maximum Gasteiger partial charge on any atom is 0.254 e. The first-order chi connectivity index (χ1) is 14.9. The minimum Gasteiger partial charge on any atom is -0.380 e. The van der Waals surface area contributed by atoms with E-state index in [0.29, 0.717) is 38.0 Å². The van der Waals surface area contributed by atoms with Crippen molar-refractivity contribution in [3.8, 4) is 11.1 Å². The van der Waals surface area contributed by atoms with Gasteiger partial charge in [0.05, 0.1) is 17.4 Å². The van der Waals surface area contributed by atoms with E-state index in [4.69, 9.17) is 0 Å². The highest BCUT2D eigenvalue weighted by molar-refractivity contribution is 5.95. The van der Waals surface area contributed by atoms with Crippen LogP contribution in [0.2, 0.25) is 0 Å². The Morgan fingerprint density at radius 3 is 2.45 bits per heavy atom. The van der Waals surface area contributed by atoms with Crippen LogP contribution in [0.25, 0.3) is 22.2 Å². The van der Waals surface area contributed by atoms with E-state index >= 15 is 0 Å². The number of imidazole rings is 1. The van der Waals surface area contributed by atoms with Gasteiger partial charge in [-0.15, -0.1) is 0 Å². The normalized spacial score (nSPS) is 20.2. The monoisotopic (exact) mass is 418 g/mol. The van der Waals surface area contributed by atoms with Gasteiger partial charge in [0, 0.05) is 38.3 Å². The van der Waals surface area contributed by atoms with E-state index in [9.17, 15) is 14.7 Å². The molecule has 0 bridgehead atoms. The van der Waals surface area contributed by atoms with Crippen molar-refractivity contribution in [3.63, 3.8) is 0 Å². The minimum absolute atomic E-state index is 0.0317. The van der Waals surface area contributed by atoms with Gasteiger partial charge >= 0.3 is 0 Å². The van der Waals surface area contributed by atoms with Crippen molar-refractivity contribution in [1.29, 1.82) is 0 Å². The molecule has 1 saturated carbocycles. The Labute approximate surface area is 180 Å². The molecule has 1 saturated heterocycles. The summed E-state index contributed by atoms with van der Waals surface area (Å²) in [4.78, 5) is 33.4. The third-order valence-electron chi connectivity index (χ3n) is 6.49. The number of carbonyl (C=O) groups is 2. The number of benzene rings is 2. The van der Waals surface area contributed by atoms with Crippen LogP contribution < -0.4 is 0 Å². The summed E-state index contributed by atoms with van der Waals surface area (Å²) in [6.45, 7) is 3.33. The summed E-state index contributed by atoms with van der Waals surface area (Å²) in [5.74, 6) is -0.225. The highest BCUT2D eigenvalue weighted by Gasteiger charge is 2.51. The standard InChI is InChI=1S/C24H26N4O3/c1-16-14-27(11-12-28(16)23(30)24(31)9-10-24)22(29)18-5-3-17(4-6-18)19-7-8-21-20(13-19)25-15-26(21)2/h3-8,13,15-16,31H,9-12,14H2,1-2H3. The van der Waals surface area contributed by atoms with Crippen LogP contribution in [0.5, 0.6) is 0 Å². The van der Waals surface area contributed by atoms with Crippen LogP contribution in [0.3, 0.4) is 0 Å². The summed E-state index contributed by atoms with van der Waals surface area (Å²) in [7, 11) is 1.97. The quantitative estimate of drug-likeness (QED) is 0.709. The molecule has 1 atom stereocenters. The highest BCUT2D eigenvalue weighted by atomic mass is 16.3. The number of rotatable bonds is 3. The Balaban J connectivity index is 1.28. The van der Waals surface area contributed by atoms with E-state index in [-0.39, 0.29) is 17.9 Å². The van der Waals surface area contributed by atoms with Crippen molar-refractivity contribution in [2.45, 2.75) is 31.4 Å². The maximum absolute atomic E-state index is 13.0. The van der Waals surface area contributed by atoms with Gasteiger partial charge in [0.25, 0.3) is 11.8 Å². The van der Waals surface area contributed by atoms with Crippen LogP contribution in [0.15, 0.2) is 48.8 Å². The van der Waals surface area contributed by atoms with Crippen molar-refractivity contribution >= 4 is 22.8 Å². The average molecular weight is 418 g/mol. The molecular weight excluding hydrogens is 392 g/mol. The van der Waals surface area contributed by atoms with Crippen molar-refractivity contribution < 1.29 is 14.7 Å². The number of amides is 2. The molecule has 1 aromatic heterocycles. The molecule has 1 unspecified atom stereocenters. The Hall–Kier alpha value is -3.19. The second-order valence-electron chi connectivity index (χ2n) is 8.77. The number of hydrogen-bond acceptors (Lipinski definition) is 4. The molecule has 1 aliphatic heterocycles. The van der Waals surface area contributed by atoms with Gasteiger partial charge < -0.3 is 19.5 Å². The molecule has 1 aliphatic carbocycles. The zero-order valence-electron chi connectivity index (χ0n) is 17.8. The highest BCUT2D eigenvalue weighted by Crippen LogP contribution is 2.37. The molecule has 2 amide bonds. The molecular formula is C24H26N4O3. The molecule has 0 radical (unpaired) electrons. The number of fused-ring (bicyclic) bond motifs is 1. The number of aliphatic hydroxyl groups is 1. The Kier molecular flexibility index (Phi) is 4.59. The van der Waals surface area contributed by atoms with Gasteiger partial charge in [-0.05, 0) is 55.2 Å². The van der Waals surface area contributed by atoms with Crippen molar-refractivity contribution in [2.24, 2.45) is 7.05 Å². The number of nitrogens with zero attached hydrogens (tertiary/aromatic N) is 4. The van der Waals surface area contributed by atoms with Crippen molar-refractivity contribution in [2.75, 3.05) is 19.6 Å². The number of piperazine rings is 1. The second kappa shape index (κ2) is 7.20. The van der Waals surface area contributed by atoms with E-state index in [1.54, 1.807) is 16.1 Å². The molecule has 5 rings (SSSR count). The van der Waals surface area contributed by atoms with E-state index in [1.165, 1.54) is 0 Å². The summed E-state index contributed by atoms with van der Waals surface area (Å²) in [5, 5.41) is 10.1. The SMILES string of the molecule is CC1CN(C(=O)c2ccc(-c3ccc4c(c3)ncn4C)cc2)CCN1C(=O)C1(O)CC1. The molecule has 1 N–H and O–H groups in total. The predicted octanol–water partition coefficient (Wildman–Crippen LogP) is 2.44. The molecule has 31 heavy (non-hydrogen) atoms. The van der Waals surface area contributed by atoms with Gasteiger partial charge in [0.15, 0.2) is 0 Å². The van der Waals surface area contributed by atoms with Crippen molar-refractivity contribution in [3.05, 3.63) is 54.4 Å². The van der Waals surface area contributed by atoms with Crippen LogP contribution >= 0.6 is 0 Å². The van der Waals surface area contributed by atoms with E-state index in [1.807, 2.05) is 42.8 Å². The zero-order chi connectivity index (χ0) is 21.8. The molecule has 7 heteroatoms. The molecule has 2 fully saturated rings. The van der Waals surface area contributed by atoms with Crippen LogP contribution in [0.4, 0.5) is 0 Å². The first-order valence-electron chi connectivity index (χ1n) is 10.7. The number of carbonyl (C=O) groups excluding carboxylic acids is 2. The summed E-state index contributed by atoms with van der Waals surface area (Å²) in [5.41, 5.74) is 3.59. The van der Waals surface area contributed by atoms with Crippen LogP contribution in [-0.2, 0) is 11.8 Å². The topological polar surface area (TPSA) is 78.7 Å². The predicted molar refractivity (Wildman–Crippen MR) is 117 cm³/mol. The van der Waals surface area contributed by atoms with E-state index in [0.717, 1.165) is 22.2 Å². The average Bonchev–Trinajstić information content (AvgIpc) is 3.44. The van der Waals surface area contributed by atoms with Crippen LogP contribution in [-0.4, -0.2) is 67.5 Å². The molecule has 160 valence electrons. The number of aryl methyl sites for hydroxylation is 1. The summed E-state index contributed by atoms with van der Waals surface area (Å²) in [6, 6.07) is 13.7. The van der Waals surface area contributed by atoms with Crippen LogP contribution in [0.1, 0.15) is 30.1 Å². The lowest BCUT2D eigenvalue weighted by Crippen LogP contribution is -2.57. The zero-order valence-corrected chi connectivity index (χ0v) is 17.8. The summed E-state index contributed by atoms with van der Waals surface area (Å²) < 4.78 is 1.99. The third-order valence-corrected chi connectivity index (χ3v) is 6.49. The van der Waals surface area contributed by atoms with Gasteiger partial charge in [-0.1, -0.05) is 18.2 Å². The van der Waals surface area contributed by atoms with Crippen LogP contribution in [0, 0.1) is 0 Å². The first kappa shape index (κ1) is 19.8. The Morgan fingerprint density at radius 2 is 1.77 bits per heavy atom. The molecule has 3 aromatic rings. The maximum atomic E-state index is 13.0. The van der Waals surface area contributed by atoms with Gasteiger partial charge in [-0.25, -0.2) is 4.98 Å². The Morgan fingerprint density at radius 1 is 1.06 bits per heavy atom. The third kappa shape index (κ3) is 3.49. The largest absolute Gasteiger partial charge is 0.380 e. The lowest BCUT2D eigenvalue weighted by molar-refractivity contribution is -0.146. The molecule has 2 aromatic carbocycles. The van der Waals surface area contributed by atoms with E-state index < -0.39 is 5.60 Å². The smallest absolute Gasteiger partial charge is 0.254 e. The molecule has 2 heterocycles.